The van der Waals surface area contributed by atoms with E-state index in [-0.39, 0.29) is 0 Å². The Morgan fingerprint density at radius 3 is 2.75 bits per heavy atom. The maximum atomic E-state index is 8.03. The van der Waals surface area contributed by atoms with E-state index >= 15 is 0 Å². The molecule has 1 rings (SSSR count). The maximum absolute atomic E-state index is 8.03. The normalized spacial score (nSPS) is 24.1. The summed E-state index contributed by atoms with van der Waals surface area (Å²) >= 11 is 0. The molecule has 8 heavy (non-hydrogen) atoms. The van der Waals surface area contributed by atoms with Gasteiger partial charge in [-0.05, 0) is 24.7 Å². The van der Waals surface area contributed by atoms with Crippen molar-refractivity contribution in [3.8, 4) is 0 Å². The molecule has 2 nitrogen and oxygen atoms in total. The molecule has 0 aromatic rings. The summed E-state index contributed by atoms with van der Waals surface area (Å²) in [5.74, 6) is 0. The van der Waals surface area contributed by atoms with E-state index in [1.54, 1.807) is 6.21 Å². The zero-order valence-corrected chi connectivity index (χ0v) is 5.09. The minimum atomic E-state index is 0.492. The molecule has 1 N–H and O–H groups in total. The number of oxime groups is 1. The molecule has 0 unspecified atom stereocenters. The first kappa shape index (κ1) is 5.60. The second-order valence-electron chi connectivity index (χ2n) is 2.81. The Balaban J connectivity index is 2.19. The van der Waals surface area contributed by atoms with Crippen molar-refractivity contribution in [3.05, 3.63) is 0 Å². The highest BCUT2D eigenvalue weighted by molar-refractivity contribution is 5.57. The van der Waals surface area contributed by atoms with Crippen LogP contribution in [0.3, 0.4) is 0 Å². The lowest BCUT2D eigenvalue weighted by atomic mass is 10.1. The Labute approximate surface area is 49.2 Å². The molecule has 0 bridgehead atoms. The van der Waals surface area contributed by atoms with E-state index in [0.29, 0.717) is 5.41 Å². The van der Waals surface area contributed by atoms with Crippen molar-refractivity contribution in [2.24, 2.45) is 10.6 Å². The van der Waals surface area contributed by atoms with Gasteiger partial charge in [0.15, 0.2) is 0 Å². The molecule has 0 spiro atoms. The molecule has 0 heterocycles. The molecule has 0 saturated heterocycles. The predicted octanol–water partition coefficient (Wildman–Crippen LogP) is 1.64. The summed E-state index contributed by atoms with van der Waals surface area (Å²) in [6, 6.07) is 0. The third kappa shape index (κ3) is 1.22. The third-order valence-electron chi connectivity index (χ3n) is 1.77. The molecule has 0 amide bonds. The van der Waals surface area contributed by atoms with Crippen LogP contribution in [0.15, 0.2) is 5.16 Å². The van der Waals surface area contributed by atoms with E-state index < -0.39 is 0 Å². The fraction of sp³-hybridized carbons (Fsp3) is 0.833. The summed E-state index contributed by atoms with van der Waals surface area (Å²) in [5, 5.41) is 11.0. The van der Waals surface area contributed by atoms with Gasteiger partial charge in [-0.2, -0.15) is 0 Å². The summed E-state index contributed by atoms with van der Waals surface area (Å²) in [5.41, 5.74) is 0.492. The average Bonchev–Trinajstić information content (AvgIpc) is 2.45. The minimum absolute atomic E-state index is 0.492. The molecule has 1 aliphatic carbocycles. The molecular formula is C6H11NO. The van der Waals surface area contributed by atoms with Crippen LogP contribution < -0.4 is 0 Å². The lowest BCUT2D eigenvalue weighted by molar-refractivity contribution is 0.319. The Morgan fingerprint density at radius 2 is 2.38 bits per heavy atom. The predicted molar refractivity (Wildman–Crippen MR) is 32.2 cm³/mol. The van der Waals surface area contributed by atoms with Crippen LogP contribution in [0.1, 0.15) is 26.2 Å². The summed E-state index contributed by atoms with van der Waals surface area (Å²) in [6.07, 6.45) is 5.09. The van der Waals surface area contributed by atoms with Crippen LogP contribution in [0.25, 0.3) is 0 Å². The lowest BCUT2D eigenvalue weighted by Gasteiger charge is -1.97. The summed E-state index contributed by atoms with van der Waals surface area (Å²) in [4.78, 5) is 0. The first-order valence-electron chi connectivity index (χ1n) is 2.93. The quantitative estimate of drug-likeness (QED) is 0.329. The molecule has 46 valence electrons. The summed E-state index contributed by atoms with van der Waals surface area (Å²) in [6.45, 7) is 2.20. The van der Waals surface area contributed by atoms with Gasteiger partial charge in [-0.3, -0.25) is 0 Å². The third-order valence-corrected chi connectivity index (χ3v) is 1.77. The zero-order valence-electron chi connectivity index (χ0n) is 5.09. The highest BCUT2D eigenvalue weighted by Gasteiger charge is 2.35. The Bertz CT molecular complexity index is 105. The average molecular weight is 113 g/mol. The monoisotopic (exact) mass is 113 g/mol. The topological polar surface area (TPSA) is 32.6 Å². The fourth-order valence-electron chi connectivity index (χ4n) is 0.679. The number of nitrogens with zero attached hydrogens (tertiary/aromatic N) is 1. The Morgan fingerprint density at radius 1 is 1.75 bits per heavy atom. The number of hydrogen-bond donors (Lipinski definition) is 1. The van der Waals surface area contributed by atoms with E-state index in [0.717, 1.165) is 6.42 Å². The van der Waals surface area contributed by atoms with Crippen molar-refractivity contribution in [2.45, 2.75) is 26.2 Å². The second kappa shape index (κ2) is 1.77. The van der Waals surface area contributed by atoms with Crippen molar-refractivity contribution in [1.82, 2.24) is 0 Å². The van der Waals surface area contributed by atoms with Crippen LogP contribution in [0.2, 0.25) is 0 Å². The van der Waals surface area contributed by atoms with Gasteiger partial charge < -0.3 is 5.21 Å². The minimum Gasteiger partial charge on any atom is -0.411 e. The van der Waals surface area contributed by atoms with Gasteiger partial charge in [0.1, 0.15) is 0 Å². The van der Waals surface area contributed by atoms with Crippen LogP contribution in [-0.4, -0.2) is 11.4 Å². The van der Waals surface area contributed by atoms with E-state index in [1.165, 1.54) is 12.8 Å². The van der Waals surface area contributed by atoms with Gasteiger partial charge in [-0.1, -0.05) is 6.92 Å². The molecule has 2 heteroatoms. The van der Waals surface area contributed by atoms with Gasteiger partial charge in [-0.15, -0.1) is 5.16 Å². The van der Waals surface area contributed by atoms with Crippen LogP contribution in [0, 0.1) is 5.41 Å². The molecule has 1 fully saturated rings. The highest BCUT2D eigenvalue weighted by atomic mass is 16.4. The van der Waals surface area contributed by atoms with Crippen molar-refractivity contribution < 1.29 is 5.21 Å². The smallest absolute Gasteiger partial charge is 0.0441 e. The van der Waals surface area contributed by atoms with Gasteiger partial charge >= 0.3 is 0 Å². The van der Waals surface area contributed by atoms with E-state index in [1.807, 2.05) is 0 Å². The zero-order chi connectivity index (χ0) is 6.04. The van der Waals surface area contributed by atoms with Crippen molar-refractivity contribution in [2.75, 3.05) is 0 Å². The lowest BCUT2D eigenvalue weighted by Crippen LogP contribution is -1.91. The van der Waals surface area contributed by atoms with Gasteiger partial charge in [0, 0.05) is 6.21 Å². The molecule has 0 radical (unpaired) electrons. The summed E-state index contributed by atoms with van der Waals surface area (Å²) in [7, 11) is 0. The molecule has 0 aliphatic heterocycles. The Hall–Kier alpha value is -0.530. The van der Waals surface area contributed by atoms with Crippen molar-refractivity contribution in [3.63, 3.8) is 0 Å². The van der Waals surface area contributed by atoms with Crippen molar-refractivity contribution in [1.29, 1.82) is 0 Å². The molecule has 1 saturated carbocycles. The highest BCUT2D eigenvalue weighted by Crippen LogP contribution is 2.47. The van der Waals surface area contributed by atoms with Crippen LogP contribution >= 0.6 is 0 Å². The SMILES string of the molecule is CC1(C/C=N\O)CC1. The van der Waals surface area contributed by atoms with Gasteiger partial charge in [0.25, 0.3) is 0 Å². The van der Waals surface area contributed by atoms with Gasteiger partial charge in [-0.25, -0.2) is 0 Å². The van der Waals surface area contributed by atoms with Crippen LogP contribution in [0.4, 0.5) is 0 Å². The first-order valence-corrected chi connectivity index (χ1v) is 2.93. The molecular weight excluding hydrogens is 102 g/mol. The molecule has 0 aromatic carbocycles. The van der Waals surface area contributed by atoms with Crippen LogP contribution in [-0.2, 0) is 0 Å². The van der Waals surface area contributed by atoms with Gasteiger partial charge in [0.05, 0.1) is 0 Å². The maximum Gasteiger partial charge on any atom is 0.0441 e. The van der Waals surface area contributed by atoms with E-state index in [9.17, 15) is 0 Å². The standard InChI is InChI=1S/C6H11NO/c1-6(2-3-6)4-5-7-8/h5,8H,2-4H2,1H3/b7-5-. The van der Waals surface area contributed by atoms with Gasteiger partial charge in [0.2, 0.25) is 0 Å². The molecule has 1 aliphatic rings. The molecule has 0 aromatic heterocycles. The molecule has 0 atom stereocenters. The van der Waals surface area contributed by atoms with Crippen LogP contribution in [0.5, 0.6) is 0 Å². The number of rotatable bonds is 2. The second-order valence-corrected chi connectivity index (χ2v) is 2.81. The largest absolute Gasteiger partial charge is 0.411 e. The number of hydrogen-bond acceptors (Lipinski definition) is 2. The van der Waals surface area contributed by atoms with Crippen molar-refractivity contribution >= 4 is 6.21 Å². The summed E-state index contributed by atoms with van der Waals surface area (Å²) < 4.78 is 0. The van der Waals surface area contributed by atoms with E-state index in [4.69, 9.17) is 5.21 Å². The Kier molecular flexibility index (Phi) is 1.24. The fourth-order valence-corrected chi connectivity index (χ4v) is 0.679. The first-order chi connectivity index (χ1) is 3.77. The van der Waals surface area contributed by atoms with E-state index in [2.05, 4.69) is 12.1 Å².